The zero-order valence-corrected chi connectivity index (χ0v) is 5.60. The van der Waals surface area contributed by atoms with Crippen LogP contribution in [0.1, 0.15) is 18.2 Å². The predicted octanol–water partition coefficient (Wildman–Crippen LogP) is 1.27. The summed E-state index contributed by atoms with van der Waals surface area (Å²) in [6, 6.07) is 3.63. The first kappa shape index (κ1) is 6.56. The number of aromatic amines is 1. The van der Waals surface area contributed by atoms with E-state index in [0.717, 1.165) is 0 Å². The molecular formula is C7H7N3. The highest BCUT2D eigenvalue weighted by Gasteiger charge is 1.97. The molecule has 3 heteroatoms. The molecule has 10 heavy (non-hydrogen) atoms. The molecule has 0 aromatic carbocycles. The van der Waals surface area contributed by atoms with E-state index in [4.69, 9.17) is 10.7 Å². The Kier molecular flexibility index (Phi) is 1.55. The van der Waals surface area contributed by atoms with Crippen molar-refractivity contribution in [1.29, 1.82) is 10.7 Å². The van der Waals surface area contributed by atoms with E-state index in [9.17, 15) is 0 Å². The highest BCUT2D eigenvalue weighted by Crippen LogP contribution is 2.01. The third-order valence-corrected chi connectivity index (χ3v) is 1.22. The number of nitriles is 1. The van der Waals surface area contributed by atoms with Crippen molar-refractivity contribution in [2.75, 3.05) is 0 Å². The second-order valence-corrected chi connectivity index (χ2v) is 2.04. The zero-order valence-electron chi connectivity index (χ0n) is 5.60. The van der Waals surface area contributed by atoms with Crippen LogP contribution in [-0.2, 0) is 0 Å². The average Bonchev–Trinajstić information content (AvgIpc) is 2.34. The summed E-state index contributed by atoms with van der Waals surface area (Å²) >= 11 is 0. The van der Waals surface area contributed by atoms with E-state index in [1.165, 1.54) is 0 Å². The molecule has 0 amide bonds. The van der Waals surface area contributed by atoms with Crippen LogP contribution in [0, 0.1) is 16.7 Å². The van der Waals surface area contributed by atoms with Crippen molar-refractivity contribution in [2.45, 2.75) is 6.92 Å². The summed E-state index contributed by atoms with van der Waals surface area (Å²) in [4.78, 5) is 2.81. The molecule has 0 spiro atoms. The number of nitrogens with zero attached hydrogens (tertiary/aromatic N) is 1. The highest BCUT2D eigenvalue weighted by molar-refractivity contribution is 5.94. The molecule has 0 radical (unpaired) electrons. The molecule has 3 nitrogen and oxygen atoms in total. The van der Waals surface area contributed by atoms with Gasteiger partial charge in [0.05, 0.1) is 17.0 Å². The van der Waals surface area contributed by atoms with Crippen molar-refractivity contribution in [3.8, 4) is 6.07 Å². The van der Waals surface area contributed by atoms with Crippen LogP contribution in [-0.4, -0.2) is 10.7 Å². The predicted molar refractivity (Wildman–Crippen MR) is 38.0 cm³/mol. The lowest BCUT2D eigenvalue weighted by atomic mass is 10.3. The van der Waals surface area contributed by atoms with Crippen LogP contribution in [0.25, 0.3) is 0 Å². The summed E-state index contributed by atoms with van der Waals surface area (Å²) in [6.07, 6.45) is 1.59. The monoisotopic (exact) mass is 133 g/mol. The Morgan fingerprint density at radius 2 is 2.50 bits per heavy atom. The second-order valence-electron chi connectivity index (χ2n) is 2.04. The summed E-state index contributed by atoms with van der Waals surface area (Å²) < 4.78 is 0. The quantitative estimate of drug-likeness (QED) is 0.557. The minimum atomic E-state index is 0.446. The van der Waals surface area contributed by atoms with Crippen molar-refractivity contribution in [3.63, 3.8) is 0 Å². The SMILES string of the molecule is CC(=N)c1cc(C#N)c[nH]1. The van der Waals surface area contributed by atoms with Gasteiger partial charge in [-0.25, -0.2) is 0 Å². The lowest BCUT2D eigenvalue weighted by Gasteiger charge is -1.86. The van der Waals surface area contributed by atoms with E-state index in [-0.39, 0.29) is 0 Å². The van der Waals surface area contributed by atoms with Crippen LogP contribution in [0.3, 0.4) is 0 Å². The molecule has 0 fully saturated rings. The third-order valence-electron chi connectivity index (χ3n) is 1.22. The molecular weight excluding hydrogens is 126 g/mol. The van der Waals surface area contributed by atoms with Crippen molar-refractivity contribution >= 4 is 5.71 Å². The lowest BCUT2D eigenvalue weighted by molar-refractivity contribution is 1.33. The molecule has 1 aromatic rings. The molecule has 0 aliphatic heterocycles. The van der Waals surface area contributed by atoms with Gasteiger partial charge in [-0.3, -0.25) is 0 Å². The molecule has 0 bridgehead atoms. The smallest absolute Gasteiger partial charge is 0.101 e. The first-order chi connectivity index (χ1) is 4.74. The van der Waals surface area contributed by atoms with E-state index < -0.39 is 0 Å². The Morgan fingerprint density at radius 1 is 1.80 bits per heavy atom. The van der Waals surface area contributed by atoms with Gasteiger partial charge in [-0.1, -0.05) is 0 Å². The third kappa shape index (κ3) is 1.06. The van der Waals surface area contributed by atoms with Gasteiger partial charge < -0.3 is 10.4 Å². The number of nitrogens with one attached hydrogen (secondary N) is 2. The summed E-state index contributed by atoms with van der Waals surface area (Å²) in [7, 11) is 0. The van der Waals surface area contributed by atoms with Gasteiger partial charge in [0.2, 0.25) is 0 Å². The van der Waals surface area contributed by atoms with Crippen LogP contribution >= 0.6 is 0 Å². The van der Waals surface area contributed by atoms with E-state index in [1.807, 2.05) is 6.07 Å². The van der Waals surface area contributed by atoms with E-state index >= 15 is 0 Å². The molecule has 1 aromatic heterocycles. The van der Waals surface area contributed by atoms with Crippen molar-refractivity contribution in [1.82, 2.24) is 4.98 Å². The summed E-state index contributed by atoms with van der Waals surface area (Å²) in [5.41, 5.74) is 1.72. The fourth-order valence-electron chi connectivity index (χ4n) is 0.675. The minimum Gasteiger partial charge on any atom is -0.359 e. The Labute approximate surface area is 58.8 Å². The molecule has 0 aliphatic carbocycles. The van der Waals surface area contributed by atoms with Crippen LogP contribution in [0.2, 0.25) is 0 Å². The van der Waals surface area contributed by atoms with Gasteiger partial charge in [0.15, 0.2) is 0 Å². The summed E-state index contributed by atoms with van der Waals surface area (Å²) in [6.45, 7) is 1.67. The van der Waals surface area contributed by atoms with Crippen molar-refractivity contribution < 1.29 is 0 Å². The standard InChI is InChI=1S/C7H7N3/c1-5(9)7-2-6(3-8)4-10-7/h2,4,9-10H,1H3. The van der Waals surface area contributed by atoms with Gasteiger partial charge in [-0.05, 0) is 13.0 Å². The summed E-state index contributed by atoms with van der Waals surface area (Å²) in [5, 5.41) is 15.6. The van der Waals surface area contributed by atoms with E-state index in [0.29, 0.717) is 17.0 Å². The van der Waals surface area contributed by atoms with E-state index in [2.05, 4.69) is 4.98 Å². The molecule has 0 saturated carbocycles. The average molecular weight is 133 g/mol. The fourth-order valence-corrected chi connectivity index (χ4v) is 0.675. The van der Waals surface area contributed by atoms with Gasteiger partial charge in [0.25, 0.3) is 0 Å². The van der Waals surface area contributed by atoms with Gasteiger partial charge in [-0.15, -0.1) is 0 Å². The second kappa shape index (κ2) is 2.36. The molecule has 0 atom stereocenters. The summed E-state index contributed by atoms with van der Waals surface area (Å²) in [5.74, 6) is 0. The lowest BCUT2D eigenvalue weighted by Crippen LogP contribution is -1.89. The van der Waals surface area contributed by atoms with E-state index in [1.54, 1.807) is 19.2 Å². The number of H-pyrrole nitrogens is 1. The minimum absolute atomic E-state index is 0.446. The van der Waals surface area contributed by atoms with Gasteiger partial charge >= 0.3 is 0 Å². The van der Waals surface area contributed by atoms with Crippen molar-refractivity contribution in [2.24, 2.45) is 0 Å². The van der Waals surface area contributed by atoms with Crippen molar-refractivity contribution in [3.05, 3.63) is 23.5 Å². The topological polar surface area (TPSA) is 63.4 Å². The van der Waals surface area contributed by atoms with Gasteiger partial charge in [0, 0.05) is 6.20 Å². The number of hydrogen-bond acceptors (Lipinski definition) is 2. The van der Waals surface area contributed by atoms with Crippen LogP contribution in [0.5, 0.6) is 0 Å². The van der Waals surface area contributed by atoms with Crippen LogP contribution < -0.4 is 0 Å². The molecule has 0 saturated heterocycles. The molecule has 1 heterocycles. The molecule has 0 unspecified atom stereocenters. The Hall–Kier alpha value is -1.56. The maximum absolute atomic E-state index is 8.39. The van der Waals surface area contributed by atoms with Crippen LogP contribution in [0.4, 0.5) is 0 Å². The van der Waals surface area contributed by atoms with Gasteiger partial charge in [-0.2, -0.15) is 5.26 Å². The largest absolute Gasteiger partial charge is 0.359 e. The molecule has 2 N–H and O–H groups in total. The Morgan fingerprint density at radius 3 is 2.80 bits per heavy atom. The fraction of sp³-hybridized carbons (Fsp3) is 0.143. The number of rotatable bonds is 1. The maximum Gasteiger partial charge on any atom is 0.101 e. The molecule has 0 aliphatic rings. The first-order valence-corrected chi connectivity index (χ1v) is 2.88. The normalized spacial score (nSPS) is 8.80. The zero-order chi connectivity index (χ0) is 7.56. The highest BCUT2D eigenvalue weighted by atomic mass is 14.7. The molecule has 1 rings (SSSR count). The molecule has 50 valence electrons. The Balaban J connectivity index is 3.02. The maximum atomic E-state index is 8.39. The first-order valence-electron chi connectivity index (χ1n) is 2.88. The Bertz CT molecular complexity index is 290. The van der Waals surface area contributed by atoms with Gasteiger partial charge in [0.1, 0.15) is 6.07 Å². The number of hydrogen-bond donors (Lipinski definition) is 2. The van der Waals surface area contributed by atoms with Crippen LogP contribution in [0.15, 0.2) is 12.3 Å². The number of aromatic nitrogens is 1.